The molecule has 2 aliphatic rings. The molecule has 2 N–H and O–H groups in total. The maximum Gasteiger partial charge on any atom is 0.193 e. The second kappa shape index (κ2) is 6.59. The smallest absolute Gasteiger partial charge is 0.193 e. The molecule has 5 heteroatoms. The Labute approximate surface area is 163 Å². The van der Waals surface area contributed by atoms with Gasteiger partial charge in [0.1, 0.15) is 11.9 Å². The van der Waals surface area contributed by atoms with Crippen LogP contribution in [0.5, 0.6) is 5.75 Å². The van der Waals surface area contributed by atoms with Crippen LogP contribution in [0.4, 0.5) is 0 Å². The van der Waals surface area contributed by atoms with Crippen molar-refractivity contribution < 1.29 is 19.7 Å². The van der Waals surface area contributed by atoms with E-state index in [4.69, 9.17) is 4.74 Å². The maximum atomic E-state index is 13.3. The normalized spacial score (nSPS) is 16.5. The average molecular weight is 375 g/mol. The first-order valence-corrected chi connectivity index (χ1v) is 9.25. The molecule has 142 valence electrons. The second-order valence-electron chi connectivity index (χ2n) is 7.78. The highest BCUT2D eigenvalue weighted by atomic mass is 16.5. The highest BCUT2D eigenvalue weighted by Crippen LogP contribution is 2.50. The first kappa shape index (κ1) is 18.4. The van der Waals surface area contributed by atoms with Gasteiger partial charge < -0.3 is 14.9 Å². The van der Waals surface area contributed by atoms with Crippen molar-refractivity contribution in [2.45, 2.75) is 31.8 Å². The highest BCUT2D eigenvalue weighted by Gasteiger charge is 2.43. The largest absolute Gasteiger partial charge is 0.486 e. The molecule has 2 aliphatic carbocycles. The molecule has 5 nitrogen and oxygen atoms in total. The summed E-state index contributed by atoms with van der Waals surface area (Å²) in [5, 5.41) is 27.7. The Kier molecular flexibility index (Phi) is 4.34. The molecule has 0 unspecified atom stereocenters. The Hall–Kier alpha value is -2.94. The van der Waals surface area contributed by atoms with Crippen molar-refractivity contribution in [1.29, 1.82) is 5.26 Å². The fraction of sp³-hybridized carbons (Fsp3) is 0.304. The van der Waals surface area contributed by atoms with Crippen molar-refractivity contribution in [1.82, 2.24) is 0 Å². The minimum Gasteiger partial charge on any atom is -0.486 e. The van der Waals surface area contributed by atoms with Gasteiger partial charge in [-0.25, -0.2) is 0 Å². The van der Waals surface area contributed by atoms with Gasteiger partial charge in [-0.2, -0.15) is 5.26 Å². The topological polar surface area (TPSA) is 90.6 Å². The van der Waals surface area contributed by atoms with Gasteiger partial charge >= 0.3 is 0 Å². The van der Waals surface area contributed by atoms with Crippen LogP contribution in [-0.4, -0.2) is 35.3 Å². The summed E-state index contributed by atoms with van der Waals surface area (Å²) in [5.74, 6) is 0.499. The fourth-order valence-electron chi connectivity index (χ4n) is 4.22. The van der Waals surface area contributed by atoms with Gasteiger partial charge in [-0.1, -0.05) is 19.9 Å². The fourth-order valence-corrected chi connectivity index (χ4v) is 4.22. The molecule has 0 heterocycles. The summed E-state index contributed by atoms with van der Waals surface area (Å²) in [7, 11) is 0. The molecular formula is C23H21NO4. The molecule has 0 spiro atoms. The molecule has 0 saturated heterocycles. The predicted molar refractivity (Wildman–Crippen MR) is 104 cm³/mol. The standard InChI is InChI=1S/C23H21NO4/c1-23(2)19-9-15(28-16(11-25)12-26)4-6-18(19)22(27)21-17-5-3-13(10-24)7-14(17)8-20(21)23/h3-7,9,16,25-26H,8,11-12H2,1-2H3. The van der Waals surface area contributed by atoms with E-state index in [9.17, 15) is 20.3 Å². The molecule has 0 aromatic heterocycles. The molecule has 2 aromatic carbocycles. The summed E-state index contributed by atoms with van der Waals surface area (Å²) in [6.07, 6.45) is -0.0605. The number of hydrogen-bond donors (Lipinski definition) is 2. The van der Waals surface area contributed by atoms with Crippen molar-refractivity contribution in [2.24, 2.45) is 0 Å². The van der Waals surface area contributed by atoms with Crippen LogP contribution in [0.2, 0.25) is 0 Å². The Bertz CT molecular complexity index is 1050. The van der Waals surface area contributed by atoms with Crippen LogP contribution in [0, 0.1) is 11.3 Å². The van der Waals surface area contributed by atoms with E-state index in [1.165, 1.54) is 0 Å². The number of allylic oxidation sites excluding steroid dienone is 2. The summed E-state index contributed by atoms with van der Waals surface area (Å²) >= 11 is 0. The molecule has 4 rings (SSSR count). The van der Waals surface area contributed by atoms with Crippen LogP contribution in [0.25, 0.3) is 5.57 Å². The molecule has 28 heavy (non-hydrogen) atoms. The molecule has 0 bridgehead atoms. The van der Waals surface area contributed by atoms with E-state index in [2.05, 4.69) is 19.9 Å². The first-order valence-electron chi connectivity index (χ1n) is 9.25. The number of ketones is 1. The monoisotopic (exact) mass is 375 g/mol. The van der Waals surface area contributed by atoms with Gasteiger partial charge in [0.15, 0.2) is 5.78 Å². The number of carbonyl (C=O) groups is 1. The number of Topliss-reactive ketones (excluding diaryl/α,β-unsaturated/α-hetero) is 1. The number of carbonyl (C=O) groups excluding carboxylic acids is 1. The minimum absolute atomic E-state index is 0.0137. The molecule has 0 saturated carbocycles. The maximum absolute atomic E-state index is 13.3. The number of rotatable bonds is 4. The summed E-state index contributed by atoms with van der Waals surface area (Å²) < 4.78 is 5.65. The van der Waals surface area contributed by atoms with Crippen molar-refractivity contribution in [2.75, 3.05) is 13.2 Å². The lowest BCUT2D eigenvalue weighted by Gasteiger charge is -2.34. The van der Waals surface area contributed by atoms with Crippen LogP contribution < -0.4 is 4.74 Å². The second-order valence-corrected chi connectivity index (χ2v) is 7.78. The van der Waals surface area contributed by atoms with Crippen molar-refractivity contribution in [3.8, 4) is 11.8 Å². The zero-order valence-electron chi connectivity index (χ0n) is 15.8. The van der Waals surface area contributed by atoms with Crippen molar-refractivity contribution >= 4 is 11.4 Å². The van der Waals surface area contributed by atoms with Crippen LogP contribution in [0.1, 0.15) is 46.5 Å². The number of ether oxygens (including phenoxy) is 1. The summed E-state index contributed by atoms with van der Waals surface area (Å²) in [5.41, 5.74) is 5.43. The third-order valence-electron chi connectivity index (χ3n) is 5.77. The van der Waals surface area contributed by atoms with E-state index in [1.807, 2.05) is 18.2 Å². The molecule has 0 atom stereocenters. The van der Waals surface area contributed by atoms with Gasteiger partial charge in [0, 0.05) is 16.6 Å². The summed E-state index contributed by atoms with van der Waals surface area (Å²) in [4.78, 5) is 13.3. The van der Waals surface area contributed by atoms with Gasteiger partial charge in [-0.3, -0.25) is 4.79 Å². The Morgan fingerprint density at radius 2 is 1.86 bits per heavy atom. The lowest BCUT2D eigenvalue weighted by atomic mass is 9.68. The zero-order valence-corrected chi connectivity index (χ0v) is 15.8. The molecule has 0 fully saturated rings. The quantitative estimate of drug-likeness (QED) is 0.858. The van der Waals surface area contributed by atoms with E-state index < -0.39 is 11.5 Å². The number of nitrogens with zero attached hydrogens (tertiary/aromatic N) is 1. The zero-order chi connectivity index (χ0) is 20.1. The molecule has 0 amide bonds. The predicted octanol–water partition coefficient (Wildman–Crippen LogP) is 2.77. The number of fused-ring (bicyclic) bond motifs is 3. The van der Waals surface area contributed by atoms with Gasteiger partial charge in [0.25, 0.3) is 0 Å². The Morgan fingerprint density at radius 3 is 2.54 bits per heavy atom. The van der Waals surface area contributed by atoms with Crippen LogP contribution >= 0.6 is 0 Å². The van der Waals surface area contributed by atoms with Crippen LogP contribution in [0.15, 0.2) is 42.0 Å². The van der Waals surface area contributed by atoms with Gasteiger partial charge in [0.2, 0.25) is 0 Å². The Morgan fingerprint density at radius 1 is 1.14 bits per heavy atom. The van der Waals surface area contributed by atoms with E-state index in [1.54, 1.807) is 18.2 Å². The van der Waals surface area contributed by atoms with Crippen LogP contribution in [0.3, 0.4) is 0 Å². The molecule has 0 radical (unpaired) electrons. The van der Waals surface area contributed by atoms with E-state index in [-0.39, 0.29) is 19.0 Å². The third-order valence-corrected chi connectivity index (χ3v) is 5.77. The number of aliphatic hydroxyl groups is 2. The summed E-state index contributed by atoms with van der Waals surface area (Å²) in [6, 6.07) is 12.9. The first-order chi connectivity index (χ1) is 13.4. The van der Waals surface area contributed by atoms with Gasteiger partial charge in [-0.15, -0.1) is 0 Å². The van der Waals surface area contributed by atoms with Crippen molar-refractivity contribution in [3.05, 3.63) is 69.8 Å². The van der Waals surface area contributed by atoms with Crippen molar-refractivity contribution in [3.63, 3.8) is 0 Å². The third kappa shape index (κ3) is 2.65. The minimum atomic E-state index is -0.699. The van der Waals surface area contributed by atoms with Crippen LogP contribution in [-0.2, 0) is 11.8 Å². The molecular weight excluding hydrogens is 354 g/mol. The number of hydrogen-bond acceptors (Lipinski definition) is 5. The number of nitriles is 1. The van der Waals surface area contributed by atoms with E-state index in [0.29, 0.717) is 23.3 Å². The Balaban J connectivity index is 1.80. The van der Waals surface area contributed by atoms with Gasteiger partial charge in [0.05, 0.1) is 24.8 Å². The molecule has 2 aromatic rings. The molecule has 0 aliphatic heterocycles. The highest BCUT2D eigenvalue weighted by molar-refractivity contribution is 6.33. The number of benzene rings is 2. The SMILES string of the molecule is CC1(C)C2=C(C(=O)c3ccc(OC(CO)CO)cc31)c1ccc(C#N)cc1C2. The lowest BCUT2D eigenvalue weighted by molar-refractivity contribution is 0.0628. The van der Waals surface area contributed by atoms with Gasteiger partial charge in [-0.05, 0) is 59.0 Å². The lowest BCUT2D eigenvalue weighted by Crippen LogP contribution is -2.30. The van der Waals surface area contributed by atoms with E-state index >= 15 is 0 Å². The number of aliphatic hydroxyl groups excluding tert-OH is 2. The van der Waals surface area contributed by atoms with E-state index in [0.717, 1.165) is 27.8 Å². The summed E-state index contributed by atoms with van der Waals surface area (Å²) in [6.45, 7) is 3.59. The average Bonchev–Trinajstić information content (AvgIpc) is 3.10.